The minimum absolute atomic E-state index is 0.245. The molecule has 0 bridgehead atoms. The molecule has 1 aliphatic rings. The van der Waals surface area contributed by atoms with Gasteiger partial charge in [-0.15, -0.1) is 0 Å². The second kappa shape index (κ2) is 9.22. The third-order valence-corrected chi connectivity index (χ3v) is 5.65. The van der Waals surface area contributed by atoms with Crippen molar-refractivity contribution in [2.45, 2.75) is 33.2 Å². The number of aryl methyl sites for hydroxylation is 3. The number of piperazine rings is 1. The molecule has 6 heteroatoms. The molecule has 3 aromatic rings. The van der Waals surface area contributed by atoms with Crippen molar-refractivity contribution in [3.8, 4) is 5.69 Å². The number of carbonyl (C=O) groups excluding carboxylic acids is 1. The van der Waals surface area contributed by atoms with Crippen molar-refractivity contribution < 1.29 is 4.79 Å². The van der Waals surface area contributed by atoms with Crippen LogP contribution in [0.5, 0.6) is 0 Å². The highest BCUT2D eigenvalue weighted by Gasteiger charge is 2.21. The van der Waals surface area contributed by atoms with E-state index in [1.807, 2.05) is 34.8 Å². The number of aromatic nitrogens is 3. The van der Waals surface area contributed by atoms with Crippen LogP contribution in [-0.2, 0) is 17.8 Å². The second-order valence-corrected chi connectivity index (χ2v) is 7.98. The molecule has 0 atom stereocenters. The van der Waals surface area contributed by atoms with E-state index in [-0.39, 0.29) is 5.91 Å². The third-order valence-electron chi connectivity index (χ3n) is 5.65. The molecule has 1 aromatic carbocycles. The maximum absolute atomic E-state index is 12.7. The first-order chi connectivity index (χ1) is 14.6. The minimum Gasteiger partial charge on any atom is -0.340 e. The second-order valence-electron chi connectivity index (χ2n) is 7.98. The van der Waals surface area contributed by atoms with Crippen molar-refractivity contribution in [2.75, 3.05) is 26.2 Å². The summed E-state index contributed by atoms with van der Waals surface area (Å²) in [6.45, 7) is 8.30. The molecule has 0 unspecified atom stereocenters. The van der Waals surface area contributed by atoms with E-state index in [2.05, 4.69) is 58.3 Å². The lowest BCUT2D eigenvalue weighted by molar-refractivity contribution is -0.133. The van der Waals surface area contributed by atoms with E-state index in [0.29, 0.717) is 6.42 Å². The summed E-state index contributed by atoms with van der Waals surface area (Å²) in [6.07, 6.45) is 3.16. The number of amides is 1. The van der Waals surface area contributed by atoms with Crippen molar-refractivity contribution in [1.82, 2.24) is 24.6 Å². The van der Waals surface area contributed by atoms with Crippen molar-refractivity contribution in [3.63, 3.8) is 0 Å². The zero-order valence-electron chi connectivity index (χ0n) is 17.8. The average molecular weight is 404 g/mol. The van der Waals surface area contributed by atoms with Crippen LogP contribution in [0.15, 0.2) is 54.7 Å². The van der Waals surface area contributed by atoms with Crippen LogP contribution in [0, 0.1) is 13.8 Å². The van der Waals surface area contributed by atoms with Crippen LogP contribution >= 0.6 is 0 Å². The molecule has 0 radical (unpaired) electrons. The molecule has 0 spiro atoms. The highest BCUT2D eigenvalue weighted by Crippen LogP contribution is 2.15. The molecule has 0 saturated carbocycles. The van der Waals surface area contributed by atoms with Crippen LogP contribution in [0.2, 0.25) is 0 Å². The van der Waals surface area contributed by atoms with Gasteiger partial charge in [0.1, 0.15) is 0 Å². The summed E-state index contributed by atoms with van der Waals surface area (Å²) in [7, 11) is 0. The number of hydrogen-bond donors (Lipinski definition) is 0. The van der Waals surface area contributed by atoms with Gasteiger partial charge >= 0.3 is 0 Å². The lowest BCUT2D eigenvalue weighted by Crippen LogP contribution is -2.48. The Hall–Kier alpha value is -2.99. The first kappa shape index (κ1) is 20.3. The molecule has 4 rings (SSSR count). The molecule has 6 nitrogen and oxygen atoms in total. The Labute approximate surface area is 178 Å². The summed E-state index contributed by atoms with van der Waals surface area (Å²) in [4.78, 5) is 21.4. The highest BCUT2D eigenvalue weighted by atomic mass is 16.2. The van der Waals surface area contributed by atoms with Crippen LogP contribution in [0.25, 0.3) is 5.69 Å². The fourth-order valence-corrected chi connectivity index (χ4v) is 3.98. The minimum atomic E-state index is 0.245. The number of benzene rings is 1. The summed E-state index contributed by atoms with van der Waals surface area (Å²) in [6, 6.07) is 16.4. The van der Waals surface area contributed by atoms with Crippen LogP contribution in [0.1, 0.15) is 29.1 Å². The Bertz CT molecular complexity index is 973. The summed E-state index contributed by atoms with van der Waals surface area (Å²) >= 11 is 0. The predicted octanol–water partition coefficient (Wildman–Crippen LogP) is 3.16. The Balaban J connectivity index is 1.24. The summed E-state index contributed by atoms with van der Waals surface area (Å²) in [5.41, 5.74) is 5.46. The summed E-state index contributed by atoms with van der Waals surface area (Å²) in [5.74, 6) is 0.245. The largest absolute Gasteiger partial charge is 0.340 e. The highest BCUT2D eigenvalue weighted by molar-refractivity contribution is 5.76. The lowest BCUT2D eigenvalue weighted by atomic mass is 10.1. The molecule has 1 fully saturated rings. The van der Waals surface area contributed by atoms with Gasteiger partial charge in [0.25, 0.3) is 0 Å². The zero-order valence-corrected chi connectivity index (χ0v) is 17.8. The van der Waals surface area contributed by atoms with Gasteiger partial charge in [-0.3, -0.25) is 14.7 Å². The molecule has 30 heavy (non-hydrogen) atoms. The van der Waals surface area contributed by atoms with E-state index in [1.54, 1.807) is 0 Å². The summed E-state index contributed by atoms with van der Waals surface area (Å²) < 4.78 is 1.95. The number of carbonyl (C=O) groups is 1. The monoisotopic (exact) mass is 403 g/mol. The zero-order chi connectivity index (χ0) is 20.9. The van der Waals surface area contributed by atoms with E-state index in [9.17, 15) is 4.79 Å². The average Bonchev–Trinajstić information content (AvgIpc) is 3.11. The Morgan fingerprint density at radius 2 is 1.77 bits per heavy atom. The Kier molecular flexibility index (Phi) is 6.23. The first-order valence-electron chi connectivity index (χ1n) is 10.6. The molecule has 1 amide bonds. The molecule has 0 aliphatic carbocycles. The molecule has 156 valence electrons. The quantitative estimate of drug-likeness (QED) is 0.634. The van der Waals surface area contributed by atoms with Crippen LogP contribution in [0.3, 0.4) is 0 Å². The van der Waals surface area contributed by atoms with E-state index >= 15 is 0 Å². The molecule has 2 aromatic heterocycles. The van der Waals surface area contributed by atoms with Crippen molar-refractivity contribution in [1.29, 1.82) is 0 Å². The summed E-state index contributed by atoms with van der Waals surface area (Å²) in [5, 5.41) is 4.53. The smallest absolute Gasteiger partial charge is 0.222 e. The molecular formula is C24H29N5O. The van der Waals surface area contributed by atoms with Crippen LogP contribution < -0.4 is 0 Å². The van der Waals surface area contributed by atoms with Gasteiger partial charge in [-0.1, -0.05) is 18.2 Å². The van der Waals surface area contributed by atoms with E-state index in [4.69, 9.17) is 0 Å². The molecule has 1 saturated heterocycles. The number of nitrogens with zero attached hydrogens (tertiary/aromatic N) is 5. The maximum atomic E-state index is 12.7. The van der Waals surface area contributed by atoms with Gasteiger partial charge < -0.3 is 4.90 Å². The first-order valence-corrected chi connectivity index (χ1v) is 10.6. The van der Waals surface area contributed by atoms with Crippen molar-refractivity contribution in [3.05, 3.63) is 77.4 Å². The van der Waals surface area contributed by atoms with Crippen molar-refractivity contribution in [2.24, 2.45) is 0 Å². The van der Waals surface area contributed by atoms with Gasteiger partial charge in [0.2, 0.25) is 5.91 Å². The lowest BCUT2D eigenvalue weighted by Gasteiger charge is -2.34. The molecule has 0 N–H and O–H groups in total. The van der Waals surface area contributed by atoms with Crippen LogP contribution in [-0.4, -0.2) is 56.7 Å². The number of rotatable bonds is 6. The van der Waals surface area contributed by atoms with Gasteiger partial charge in [0.05, 0.1) is 17.1 Å². The van der Waals surface area contributed by atoms with Crippen LogP contribution in [0.4, 0.5) is 0 Å². The normalized spacial score (nSPS) is 14.8. The Morgan fingerprint density at radius 1 is 1.00 bits per heavy atom. The molecular weight excluding hydrogens is 374 g/mol. The SMILES string of the molecule is Cc1cc(C)n(-c2ccc(CCC(=O)N3CCN(Cc4ccccn4)CC3)cc2)n1. The van der Waals surface area contributed by atoms with E-state index in [1.165, 1.54) is 5.56 Å². The van der Waals surface area contributed by atoms with Gasteiger partial charge in [-0.25, -0.2) is 4.68 Å². The van der Waals surface area contributed by atoms with Gasteiger partial charge in [0.15, 0.2) is 0 Å². The van der Waals surface area contributed by atoms with Gasteiger partial charge in [-0.2, -0.15) is 5.10 Å². The molecule has 1 aliphatic heterocycles. The molecule has 3 heterocycles. The standard InChI is InChI=1S/C24H29N5O/c1-19-17-20(2)29(26-19)23-9-6-21(7-10-23)8-11-24(30)28-15-13-27(14-16-28)18-22-5-3-4-12-25-22/h3-7,9-10,12,17H,8,11,13-16,18H2,1-2H3. The van der Waals surface area contributed by atoms with Gasteiger partial charge in [0, 0.05) is 51.0 Å². The number of pyridine rings is 1. The topological polar surface area (TPSA) is 54.3 Å². The van der Waals surface area contributed by atoms with Gasteiger partial charge in [-0.05, 0) is 56.2 Å². The Morgan fingerprint density at radius 3 is 2.40 bits per heavy atom. The fourth-order valence-electron chi connectivity index (χ4n) is 3.98. The third kappa shape index (κ3) is 4.94. The number of hydrogen-bond acceptors (Lipinski definition) is 4. The van der Waals surface area contributed by atoms with Crippen molar-refractivity contribution >= 4 is 5.91 Å². The maximum Gasteiger partial charge on any atom is 0.222 e. The predicted molar refractivity (Wildman–Crippen MR) is 117 cm³/mol. The fraction of sp³-hybridized carbons (Fsp3) is 0.375. The van der Waals surface area contributed by atoms with E-state index in [0.717, 1.165) is 61.9 Å². The van der Waals surface area contributed by atoms with E-state index < -0.39 is 0 Å².